The smallest absolute Gasteiger partial charge is 0.305 e. The fourth-order valence-corrected chi connectivity index (χ4v) is 4.44. The SMILES string of the molecule is CC(C)[C@H](NC(=O)[C@H](CC(=O)O)NC(=O)[C@@H](N)CCC(=O)O)C(=O)N[C@H](C(=O)NCC(=O)NCC(=O)N[C@@H](CS)C(=O)N[C@H](C=O)CS)C(C)C. The van der Waals surface area contributed by atoms with Gasteiger partial charge in [-0.15, -0.1) is 0 Å². The van der Waals surface area contributed by atoms with Crippen molar-refractivity contribution in [2.24, 2.45) is 17.6 Å². The lowest BCUT2D eigenvalue weighted by atomic mass is 9.99. The van der Waals surface area contributed by atoms with Crippen LogP contribution in [0.5, 0.6) is 0 Å². The predicted octanol–water partition coefficient (Wildman–Crippen LogP) is -4.32. The van der Waals surface area contributed by atoms with Gasteiger partial charge < -0.3 is 58.0 Å². The molecule has 288 valence electrons. The molecule has 11 N–H and O–H groups in total. The predicted molar refractivity (Wildman–Crippen MR) is 186 cm³/mol. The molecule has 0 unspecified atom stereocenters. The maximum Gasteiger partial charge on any atom is 0.305 e. The first kappa shape index (κ1) is 46.6. The molecule has 7 amide bonds. The van der Waals surface area contributed by atoms with Gasteiger partial charge in [-0.05, 0) is 18.3 Å². The molecule has 0 aromatic heterocycles. The van der Waals surface area contributed by atoms with Crippen molar-refractivity contribution in [2.75, 3.05) is 24.6 Å². The highest BCUT2D eigenvalue weighted by molar-refractivity contribution is 7.80. The van der Waals surface area contributed by atoms with E-state index in [4.69, 9.17) is 10.8 Å². The number of aliphatic carboxylic acids is 2. The van der Waals surface area contributed by atoms with Crippen LogP contribution in [0.3, 0.4) is 0 Å². The lowest BCUT2D eigenvalue weighted by molar-refractivity contribution is -0.141. The number of hydrogen-bond acceptors (Lipinski definition) is 13. The number of thiol groups is 2. The van der Waals surface area contributed by atoms with Gasteiger partial charge in [0.2, 0.25) is 41.4 Å². The van der Waals surface area contributed by atoms with Crippen LogP contribution in [0.15, 0.2) is 0 Å². The summed E-state index contributed by atoms with van der Waals surface area (Å²) in [7, 11) is 0. The van der Waals surface area contributed by atoms with Crippen LogP contribution < -0.4 is 43.0 Å². The number of rotatable bonds is 24. The Hall–Kier alpha value is -4.44. The van der Waals surface area contributed by atoms with E-state index >= 15 is 0 Å². The van der Waals surface area contributed by atoms with Crippen LogP contribution in [-0.4, -0.2) is 131 Å². The summed E-state index contributed by atoms with van der Waals surface area (Å²) in [6.07, 6.45) is -1.15. The minimum atomic E-state index is -1.68. The van der Waals surface area contributed by atoms with Gasteiger partial charge in [-0.2, -0.15) is 25.3 Å². The molecule has 0 saturated heterocycles. The molecule has 0 bridgehead atoms. The minimum absolute atomic E-state index is 0.0340. The zero-order valence-electron chi connectivity index (χ0n) is 28.6. The van der Waals surface area contributed by atoms with E-state index in [2.05, 4.69) is 62.5 Å². The Bertz CT molecular complexity index is 1290. The molecule has 0 fully saturated rings. The highest BCUT2D eigenvalue weighted by atomic mass is 32.1. The molecule has 22 heteroatoms. The second-order valence-corrected chi connectivity index (χ2v) is 12.6. The fourth-order valence-electron chi connectivity index (χ4n) is 4.00. The first-order valence-corrected chi connectivity index (χ1v) is 17.0. The van der Waals surface area contributed by atoms with E-state index in [1.165, 1.54) is 0 Å². The molecular weight excluding hydrogens is 716 g/mol. The number of amides is 7. The van der Waals surface area contributed by atoms with Crippen molar-refractivity contribution in [2.45, 2.75) is 83.2 Å². The van der Waals surface area contributed by atoms with Crippen molar-refractivity contribution in [3.8, 4) is 0 Å². The Morgan fingerprint density at radius 2 is 1.16 bits per heavy atom. The van der Waals surface area contributed by atoms with Gasteiger partial charge in [0, 0.05) is 17.9 Å². The molecule has 20 nitrogen and oxygen atoms in total. The second-order valence-electron chi connectivity index (χ2n) is 11.9. The lowest BCUT2D eigenvalue weighted by Gasteiger charge is -2.28. The standard InChI is InChI=1S/C29H48N8O12S2/c1-13(2)23(28(48)32-8-19(39)31-9-20(40)34-18(12-51)27(47)33-15(10-38)11-50)37-29(49)24(14(3)4)36-26(46)17(7-22(43)44)35-25(45)16(30)5-6-21(41)42/h10,13-18,23-24,50-51H,5-9,11-12,30H2,1-4H3,(H,31,39)(H,32,48)(H,33,47)(H,34,40)(H,35,45)(H,36,46)(H,37,49)(H,41,42)(H,43,44)/t15-,16+,17+,18+,23+,24+/m1/s1. The fraction of sp³-hybridized carbons (Fsp3) is 0.655. The van der Waals surface area contributed by atoms with Gasteiger partial charge in [0.1, 0.15) is 30.5 Å². The van der Waals surface area contributed by atoms with Crippen LogP contribution in [0.25, 0.3) is 0 Å². The zero-order chi connectivity index (χ0) is 39.4. The van der Waals surface area contributed by atoms with Gasteiger partial charge in [-0.3, -0.25) is 43.2 Å². The Morgan fingerprint density at radius 1 is 0.627 bits per heavy atom. The largest absolute Gasteiger partial charge is 0.481 e. The van der Waals surface area contributed by atoms with E-state index in [1.807, 2.05) is 0 Å². The summed E-state index contributed by atoms with van der Waals surface area (Å²) in [6, 6.07) is -7.59. The van der Waals surface area contributed by atoms with Crippen LogP contribution in [0.1, 0.15) is 47.0 Å². The van der Waals surface area contributed by atoms with Crippen LogP contribution in [0.4, 0.5) is 0 Å². The third-order valence-corrected chi connectivity index (χ3v) is 7.66. The Morgan fingerprint density at radius 3 is 1.65 bits per heavy atom. The number of carbonyl (C=O) groups is 10. The minimum Gasteiger partial charge on any atom is -0.481 e. The van der Waals surface area contributed by atoms with Crippen molar-refractivity contribution in [3.05, 3.63) is 0 Å². The van der Waals surface area contributed by atoms with Gasteiger partial charge in [0.25, 0.3) is 0 Å². The summed E-state index contributed by atoms with van der Waals surface area (Å²) >= 11 is 7.93. The number of nitrogens with one attached hydrogen (secondary N) is 7. The number of aldehydes is 1. The average molecular weight is 765 g/mol. The van der Waals surface area contributed by atoms with Crippen molar-refractivity contribution in [1.82, 2.24) is 37.2 Å². The maximum absolute atomic E-state index is 13.3. The Kier molecular flexibility index (Phi) is 21.8. The first-order chi connectivity index (χ1) is 23.8. The molecule has 0 aliphatic rings. The number of carboxylic acid groups (broad SMARTS) is 2. The van der Waals surface area contributed by atoms with Crippen LogP contribution >= 0.6 is 25.3 Å². The molecule has 51 heavy (non-hydrogen) atoms. The molecule has 0 aliphatic heterocycles. The Balaban J connectivity index is 5.35. The van der Waals surface area contributed by atoms with Crippen molar-refractivity contribution < 1.29 is 58.2 Å². The van der Waals surface area contributed by atoms with Gasteiger partial charge in [-0.1, -0.05) is 27.7 Å². The summed E-state index contributed by atoms with van der Waals surface area (Å²) in [5, 5.41) is 34.4. The van der Waals surface area contributed by atoms with Crippen molar-refractivity contribution >= 4 is 84.8 Å². The van der Waals surface area contributed by atoms with E-state index in [1.54, 1.807) is 27.7 Å². The van der Waals surface area contributed by atoms with Gasteiger partial charge in [0.05, 0.1) is 31.6 Å². The molecule has 0 spiro atoms. The number of carboxylic acids is 2. The van der Waals surface area contributed by atoms with Gasteiger partial charge >= 0.3 is 11.9 Å². The quantitative estimate of drug-likeness (QED) is 0.0327. The zero-order valence-corrected chi connectivity index (χ0v) is 30.4. The topological polar surface area (TPSA) is 321 Å². The number of hydrogen-bond donors (Lipinski definition) is 12. The monoisotopic (exact) mass is 764 g/mol. The summed E-state index contributed by atoms with van der Waals surface area (Å²) in [5.41, 5.74) is 5.65. The molecule has 0 rings (SSSR count). The molecule has 0 aromatic carbocycles. The van der Waals surface area contributed by atoms with Crippen LogP contribution in [-0.2, 0) is 47.9 Å². The van der Waals surface area contributed by atoms with E-state index in [0.29, 0.717) is 6.29 Å². The maximum atomic E-state index is 13.3. The molecule has 0 saturated carbocycles. The molecule has 0 heterocycles. The third kappa shape index (κ3) is 18.4. The van der Waals surface area contributed by atoms with E-state index in [-0.39, 0.29) is 17.9 Å². The average Bonchev–Trinajstić information content (AvgIpc) is 3.06. The van der Waals surface area contributed by atoms with Crippen LogP contribution in [0, 0.1) is 11.8 Å². The molecule has 0 aliphatic carbocycles. The number of nitrogens with two attached hydrogens (primary N) is 1. The molecule has 6 atom stereocenters. The first-order valence-electron chi connectivity index (χ1n) is 15.7. The summed E-state index contributed by atoms with van der Waals surface area (Å²) in [6.45, 7) is 5.10. The normalized spacial score (nSPS) is 14.4. The molecule has 0 radical (unpaired) electrons. The van der Waals surface area contributed by atoms with E-state index < -0.39 is 127 Å². The lowest BCUT2D eigenvalue weighted by Crippen LogP contribution is -2.60. The van der Waals surface area contributed by atoms with E-state index in [9.17, 15) is 53.1 Å². The highest BCUT2D eigenvalue weighted by Crippen LogP contribution is 2.08. The highest BCUT2D eigenvalue weighted by Gasteiger charge is 2.34. The summed E-state index contributed by atoms with van der Waals surface area (Å²) < 4.78 is 0. The molecule has 0 aromatic rings. The molecular formula is C29H48N8O12S2. The Labute approximate surface area is 305 Å². The van der Waals surface area contributed by atoms with Crippen LogP contribution in [0.2, 0.25) is 0 Å². The third-order valence-electron chi connectivity index (χ3n) is 6.90. The van der Waals surface area contributed by atoms with Crippen molar-refractivity contribution in [3.63, 3.8) is 0 Å². The summed E-state index contributed by atoms with van der Waals surface area (Å²) in [5.74, 6) is -9.84. The second kappa shape index (κ2) is 23.9. The summed E-state index contributed by atoms with van der Waals surface area (Å²) in [4.78, 5) is 122. The van der Waals surface area contributed by atoms with E-state index in [0.717, 1.165) is 0 Å². The van der Waals surface area contributed by atoms with Gasteiger partial charge in [-0.25, -0.2) is 0 Å². The van der Waals surface area contributed by atoms with Crippen molar-refractivity contribution in [1.29, 1.82) is 0 Å². The number of carbonyl (C=O) groups excluding carboxylic acids is 8. The van der Waals surface area contributed by atoms with Gasteiger partial charge in [0.15, 0.2) is 0 Å².